The molecule has 5 saturated carbocycles. The van der Waals surface area contributed by atoms with Crippen molar-refractivity contribution in [2.45, 2.75) is 71.5 Å². The number of carbonyl (C=O) groups is 2. The van der Waals surface area contributed by atoms with E-state index in [2.05, 4.69) is 20.4 Å². The second-order valence-corrected chi connectivity index (χ2v) is 10.1. The van der Waals surface area contributed by atoms with Gasteiger partial charge in [-0.15, -0.1) is 0 Å². The van der Waals surface area contributed by atoms with E-state index in [-0.39, 0.29) is 40.3 Å². The summed E-state index contributed by atoms with van der Waals surface area (Å²) in [4.78, 5) is 24.9. The largest absolute Gasteiger partial charge is 0.465 e. The van der Waals surface area contributed by atoms with Crippen LogP contribution < -0.4 is 0 Å². The summed E-state index contributed by atoms with van der Waals surface area (Å²) < 4.78 is 5.41. The normalized spacial score (nSPS) is 51.5. The van der Waals surface area contributed by atoms with Gasteiger partial charge in [0.05, 0.1) is 24.2 Å². The number of ketones is 1. The Morgan fingerprint density at radius 3 is 2.59 bits per heavy atom. The summed E-state index contributed by atoms with van der Waals surface area (Å²) in [6.07, 6.45) is 2.84. The van der Waals surface area contributed by atoms with E-state index in [0.29, 0.717) is 19.4 Å². The minimum Gasteiger partial charge on any atom is -0.465 e. The molecule has 2 N–H and O–H groups in total. The molecule has 0 aromatic heterocycles. The molecule has 5 nitrogen and oxygen atoms in total. The Labute approximate surface area is 161 Å². The number of esters is 1. The van der Waals surface area contributed by atoms with Gasteiger partial charge in [0.2, 0.25) is 0 Å². The zero-order valence-corrected chi connectivity index (χ0v) is 16.7. The van der Waals surface area contributed by atoms with Gasteiger partial charge in [-0.25, -0.2) is 0 Å². The molecule has 27 heavy (non-hydrogen) atoms. The van der Waals surface area contributed by atoms with Crippen LogP contribution in [0.5, 0.6) is 0 Å². The summed E-state index contributed by atoms with van der Waals surface area (Å²) in [7, 11) is 0. The predicted molar refractivity (Wildman–Crippen MR) is 99.6 cm³/mol. The Morgan fingerprint density at radius 2 is 1.93 bits per heavy atom. The smallest absolute Gasteiger partial charge is 0.302 e. The number of hydrogen-bond donors (Lipinski definition) is 2. The Balaban J connectivity index is 1.77. The molecule has 0 radical (unpaired) electrons. The Kier molecular flexibility index (Phi) is 4.18. The number of rotatable bonds is 2. The minimum absolute atomic E-state index is 0.0229. The fourth-order valence-corrected chi connectivity index (χ4v) is 7.54. The standard InChI is InChI=1S/C22H32O5/c1-12-14-8-16-21(4)7-5-6-20(3,11-27-13(2)23)15(21)10-18(25)22(16,19(12)26)17(24)9-14/h14-17,19,24,26H,1,5-11H2,2-4H3/t14-,15-,16+,17-,19+,20+,21-,22+/m1/s1. The second-order valence-electron chi connectivity index (χ2n) is 10.1. The van der Waals surface area contributed by atoms with Gasteiger partial charge in [0, 0.05) is 18.8 Å². The van der Waals surface area contributed by atoms with Gasteiger partial charge in [-0.1, -0.05) is 26.8 Å². The van der Waals surface area contributed by atoms with Crippen LogP contribution in [0.1, 0.15) is 59.3 Å². The monoisotopic (exact) mass is 376 g/mol. The first kappa shape index (κ1) is 19.1. The quantitative estimate of drug-likeness (QED) is 0.572. The van der Waals surface area contributed by atoms with Crippen LogP contribution in [-0.4, -0.2) is 40.8 Å². The Hall–Kier alpha value is -1.20. The number of aliphatic hydroxyl groups excluding tert-OH is 2. The average Bonchev–Trinajstić information content (AvgIpc) is 2.60. The molecule has 5 fully saturated rings. The molecular weight excluding hydrogens is 344 g/mol. The molecule has 5 rings (SSSR count). The van der Waals surface area contributed by atoms with Crippen molar-refractivity contribution >= 4 is 11.8 Å². The van der Waals surface area contributed by atoms with Gasteiger partial charge < -0.3 is 14.9 Å². The lowest BCUT2D eigenvalue weighted by atomic mass is 9.35. The lowest BCUT2D eigenvalue weighted by Crippen LogP contribution is -2.72. The molecule has 5 aliphatic rings. The molecule has 0 aliphatic heterocycles. The molecule has 0 aromatic rings. The number of aliphatic hydroxyl groups is 2. The van der Waals surface area contributed by atoms with Crippen molar-refractivity contribution in [3.05, 3.63) is 12.2 Å². The van der Waals surface area contributed by atoms with E-state index in [1.165, 1.54) is 6.92 Å². The van der Waals surface area contributed by atoms with E-state index in [1.54, 1.807) is 0 Å². The maximum atomic E-state index is 13.5. The van der Waals surface area contributed by atoms with E-state index < -0.39 is 17.6 Å². The summed E-state index contributed by atoms with van der Waals surface area (Å²) >= 11 is 0. The van der Waals surface area contributed by atoms with E-state index in [4.69, 9.17) is 4.74 Å². The van der Waals surface area contributed by atoms with Crippen LogP contribution in [0.25, 0.3) is 0 Å². The molecule has 5 aliphatic carbocycles. The summed E-state index contributed by atoms with van der Waals surface area (Å²) in [5.74, 6) is -0.200. The zero-order valence-electron chi connectivity index (χ0n) is 16.7. The van der Waals surface area contributed by atoms with Gasteiger partial charge >= 0.3 is 5.97 Å². The molecule has 8 atom stereocenters. The molecular formula is C22H32O5. The van der Waals surface area contributed by atoms with Gasteiger partial charge in [-0.2, -0.15) is 0 Å². The highest BCUT2D eigenvalue weighted by atomic mass is 16.5. The first-order chi connectivity index (χ1) is 12.6. The van der Waals surface area contributed by atoms with Crippen LogP contribution in [0, 0.1) is 34.0 Å². The van der Waals surface area contributed by atoms with Crippen molar-refractivity contribution in [3.8, 4) is 0 Å². The number of fused-ring (bicyclic) bond motifs is 3. The van der Waals surface area contributed by atoms with Gasteiger partial charge in [-0.05, 0) is 54.4 Å². The molecule has 5 heteroatoms. The number of hydrogen-bond acceptors (Lipinski definition) is 5. The molecule has 150 valence electrons. The third-order valence-corrected chi connectivity index (χ3v) is 8.86. The molecule has 1 spiro atoms. The fourth-order valence-electron chi connectivity index (χ4n) is 7.54. The van der Waals surface area contributed by atoms with E-state index in [9.17, 15) is 19.8 Å². The molecule has 0 saturated heterocycles. The third-order valence-electron chi connectivity index (χ3n) is 8.86. The third kappa shape index (κ3) is 2.30. The van der Waals surface area contributed by atoms with Crippen LogP contribution in [0.3, 0.4) is 0 Å². The van der Waals surface area contributed by atoms with Crippen LogP contribution >= 0.6 is 0 Å². The van der Waals surface area contributed by atoms with E-state index in [0.717, 1.165) is 31.3 Å². The van der Waals surface area contributed by atoms with Crippen LogP contribution in [-0.2, 0) is 14.3 Å². The van der Waals surface area contributed by atoms with Gasteiger partial charge in [0.15, 0.2) is 0 Å². The maximum Gasteiger partial charge on any atom is 0.302 e. The van der Waals surface area contributed by atoms with Gasteiger partial charge in [0.25, 0.3) is 0 Å². The average molecular weight is 376 g/mol. The van der Waals surface area contributed by atoms with Gasteiger partial charge in [0.1, 0.15) is 5.78 Å². The maximum absolute atomic E-state index is 13.5. The first-order valence-corrected chi connectivity index (χ1v) is 10.3. The highest BCUT2D eigenvalue weighted by Crippen LogP contribution is 2.70. The SMILES string of the molecule is C=C1[C@H]2C[C@@H](O)[C@@]3(C(=O)C[C@@H]4[C@](C)(COC(C)=O)CCC[C@@]4(C)[C@@H]3C2)[C@H]1O. The lowest BCUT2D eigenvalue weighted by Gasteiger charge is -2.69. The van der Waals surface area contributed by atoms with E-state index >= 15 is 0 Å². The number of Topliss-reactive ketones (excluding diaryl/α,β-unsaturated/α-hetero) is 1. The minimum atomic E-state index is -1.10. The Bertz CT molecular complexity index is 701. The second kappa shape index (κ2) is 5.90. The fraction of sp³-hybridized carbons (Fsp3) is 0.818. The van der Waals surface area contributed by atoms with Crippen molar-refractivity contribution in [3.63, 3.8) is 0 Å². The topological polar surface area (TPSA) is 83.8 Å². The molecule has 0 amide bonds. The number of ether oxygens (including phenoxy) is 1. The predicted octanol–water partition coefficient (Wildman–Crippen LogP) is 2.64. The van der Waals surface area contributed by atoms with Crippen molar-refractivity contribution in [1.29, 1.82) is 0 Å². The van der Waals surface area contributed by atoms with Crippen molar-refractivity contribution in [1.82, 2.24) is 0 Å². The summed E-state index contributed by atoms with van der Waals surface area (Å²) in [6, 6.07) is 0. The molecule has 0 aromatic carbocycles. The summed E-state index contributed by atoms with van der Waals surface area (Å²) in [5.41, 5.74) is -0.788. The zero-order chi connectivity index (χ0) is 19.8. The van der Waals surface area contributed by atoms with Crippen molar-refractivity contribution in [2.24, 2.45) is 34.0 Å². The van der Waals surface area contributed by atoms with Crippen LogP contribution in [0.4, 0.5) is 0 Å². The van der Waals surface area contributed by atoms with Crippen molar-refractivity contribution in [2.75, 3.05) is 6.61 Å². The van der Waals surface area contributed by atoms with Crippen molar-refractivity contribution < 1.29 is 24.5 Å². The molecule has 0 unspecified atom stereocenters. The number of carbonyl (C=O) groups excluding carboxylic acids is 2. The molecule has 0 heterocycles. The summed E-state index contributed by atoms with van der Waals surface area (Å²) in [6.45, 7) is 10.2. The van der Waals surface area contributed by atoms with E-state index in [1.807, 2.05) is 0 Å². The first-order valence-electron chi connectivity index (χ1n) is 10.3. The highest BCUT2D eigenvalue weighted by molar-refractivity contribution is 5.89. The van der Waals surface area contributed by atoms with Gasteiger partial charge in [-0.3, -0.25) is 9.59 Å². The lowest BCUT2D eigenvalue weighted by molar-refractivity contribution is -0.234. The Morgan fingerprint density at radius 1 is 1.22 bits per heavy atom. The van der Waals surface area contributed by atoms with Crippen LogP contribution in [0.15, 0.2) is 12.2 Å². The highest BCUT2D eigenvalue weighted by Gasteiger charge is 2.72. The summed E-state index contributed by atoms with van der Waals surface area (Å²) in [5, 5.41) is 22.0. The van der Waals surface area contributed by atoms with Crippen LogP contribution in [0.2, 0.25) is 0 Å². The molecule has 2 bridgehead atoms.